The fourth-order valence-electron chi connectivity index (χ4n) is 6.35. The zero-order valence-electron chi connectivity index (χ0n) is 21.1. The lowest BCUT2D eigenvalue weighted by atomic mass is 9.86. The molecule has 40 heavy (non-hydrogen) atoms. The summed E-state index contributed by atoms with van der Waals surface area (Å²) in [7, 11) is -9.67. The highest BCUT2D eigenvalue weighted by molar-refractivity contribution is 7.86. The average molecular weight is 579 g/mol. The van der Waals surface area contributed by atoms with Crippen molar-refractivity contribution in [1.82, 2.24) is 4.58 Å². The molecule has 4 aromatic carbocycles. The molecule has 7 rings (SSSR count). The first kappa shape index (κ1) is 25.2. The van der Waals surface area contributed by atoms with E-state index in [1.165, 1.54) is 6.07 Å². The van der Waals surface area contributed by atoms with Gasteiger partial charge < -0.3 is 9.84 Å². The second-order valence-corrected chi connectivity index (χ2v) is 13.2. The zero-order valence-corrected chi connectivity index (χ0v) is 22.7. The van der Waals surface area contributed by atoms with Crippen LogP contribution in [0.15, 0.2) is 64.4 Å². The third kappa shape index (κ3) is 3.84. The fourth-order valence-corrected chi connectivity index (χ4v) is 7.65. The highest BCUT2D eigenvalue weighted by Crippen LogP contribution is 2.44. The Morgan fingerprint density at radius 3 is 2.27 bits per heavy atom. The predicted octanol–water partition coefficient (Wildman–Crippen LogP) is 2.78. The van der Waals surface area contributed by atoms with E-state index in [2.05, 4.69) is 4.58 Å². The van der Waals surface area contributed by atoms with E-state index in [0.29, 0.717) is 38.6 Å². The van der Waals surface area contributed by atoms with Crippen LogP contribution in [0.4, 0.5) is 0 Å². The van der Waals surface area contributed by atoms with Crippen LogP contribution in [0.2, 0.25) is 0 Å². The van der Waals surface area contributed by atoms with Crippen LogP contribution in [-0.2, 0) is 33.1 Å². The van der Waals surface area contributed by atoms with E-state index in [-0.39, 0.29) is 11.3 Å². The van der Waals surface area contributed by atoms with Gasteiger partial charge in [-0.1, -0.05) is 12.1 Å². The molecule has 3 heterocycles. The number of hydrogen-bond acceptors (Lipinski definition) is 6. The third-order valence-corrected chi connectivity index (χ3v) is 9.71. The number of aromatic hydroxyl groups is 1. The maximum absolute atomic E-state index is 12.7. The molecular weight excluding hydrogens is 554 g/mol. The first-order chi connectivity index (χ1) is 19.0. The van der Waals surface area contributed by atoms with Crippen molar-refractivity contribution in [2.45, 2.75) is 35.5 Å². The molecule has 204 valence electrons. The maximum atomic E-state index is 12.7. The van der Waals surface area contributed by atoms with Gasteiger partial charge in [-0.3, -0.25) is 9.11 Å². The summed E-state index contributed by atoms with van der Waals surface area (Å²) in [4.78, 5) is -1.29. The van der Waals surface area contributed by atoms with Crippen LogP contribution in [0, 0.1) is 0 Å². The van der Waals surface area contributed by atoms with Crippen LogP contribution in [0.5, 0.6) is 17.2 Å². The van der Waals surface area contributed by atoms with Crippen molar-refractivity contribution < 1.29 is 35.8 Å². The van der Waals surface area contributed by atoms with Gasteiger partial charge in [-0.15, -0.1) is 0 Å². The molecular formula is C29H24NO8S2+. The quantitative estimate of drug-likeness (QED) is 0.219. The Labute approximate surface area is 229 Å². The second-order valence-electron chi connectivity index (χ2n) is 10.4. The first-order valence-corrected chi connectivity index (χ1v) is 15.7. The topological polar surface area (TPSA) is 141 Å². The average Bonchev–Trinajstić information content (AvgIpc) is 2.91. The van der Waals surface area contributed by atoms with Crippen molar-refractivity contribution in [2.24, 2.45) is 0 Å². The molecule has 9 nitrogen and oxygen atoms in total. The van der Waals surface area contributed by atoms with Crippen LogP contribution in [-0.4, -0.2) is 44.1 Å². The van der Waals surface area contributed by atoms with Crippen LogP contribution in [0.1, 0.15) is 35.1 Å². The Morgan fingerprint density at radius 1 is 0.775 bits per heavy atom. The van der Waals surface area contributed by atoms with Crippen molar-refractivity contribution in [2.75, 3.05) is 13.1 Å². The van der Waals surface area contributed by atoms with Gasteiger partial charge in [0.1, 0.15) is 35.2 Å². The molecule has 0 saturated carbocycles. The molecule has 3 aliphatic rings. The molecule has 0 aromatic heterocycles. The molecule has 0 saturated heterocycles. The van der Waals surface area contributed by atoms with Gasteiger partial charge in [0.2, 0.25) is 5.36 Å². The number of phenolic OH excluding ortho intramolecular Hbond substituents is 1. The Bertz CT molecular complexity index is 2150. The summed E-state index contributed by atoms with van der Waals surface area (Å²) in [6, 6.07) is 13.6. The van der Waals surface area contributed by atoms with Crippen molar-refractivity contribution in [1.29, 1.82) is 0 Å². The summed E-state index contributed by atoms with van der Waals surface area (Å²) >= 11 is 0. The number of aryl methyl sites for hydroxylation is 1. The molecule has 0 unspecified atom stereocenters. The summed E-state index contributed by atoms with van der Waals surface area (Å²) in [6.45, 7) is 1.89. The molecule has 3 aliphatic heterocycles. The van der Waals surface area contributed by atoms with Gasteiger partial charge in [0, 0.05) is 45.7 Å². The standard InChI is InChI=1S/C29H23NO8S2/c31-18-6-9-20-16(13-18)5-8-22-26(21-10-7-19(39(32,33)34)15-25(21)40(35,36)37)24-14-17-3-1-11-30-12-2-4-23(27(17)30)29(24)38-28(20)22/h5-10,13-15H,1-4,11-12H2,(H2,32,33,34,35,36,37)/p+1. The number of hydrogen-bond donors (Lipinski definition) is 3. The summed E-state index contributed by atoms with van der Waals surface area (Å²) in [5.74, 6) is 1.14. The smallest absolute Gasteiger partial charge is 0.295 e. The molecule has 0 atom stereocenters. The summed E-state index contributed by atoms with van der Waals surface area (Å²) < 4.78 is 78.0. The van der Waals surface area contributed by atoms with E-state index in [0.717, 1.165) is 67.4 Å². The number of nitrogens with zero attached hydrogens (tertiary/aromatic N) is 1. The van der Waals surface area contributed by atoms with Crippen LogP contribution in [0.25, 0.3) is 16.3 Å². The second kappa shape index (κ2) is 8.61. The minimum Gasteiger partial charge on any atom is -0.508 e. The summed E-state index contributed by atoms with van der Waals surface area (Å²) in [6.07, 6.45) is 3.52. The lowest BCUT2D eigenvalue weighted by Crippen LogP contribution is -2.45. The Hall–Kier alpha value is -3.77. The van der Waals surface area contributed by atoms with E-state index < -0.39 is 30.0 Å². The molecule has 0 aliphatic carbocycles. The lowest BCUT2D eigenvalue weighted by Gasteiger charge is -2.27. The van der Waals surface area contributed by atoms with Crippen molar-refractivity contribution in [3.63, 3.8) is 0 Å². The molecule has 3 N–H and O–H groups in total. The predicted molar refractivity (Wildman–Crippen MR) is 147 cm³/mol. The lowest BCUT2D eigenvalue weighted by molar-refractivity contribution is 0.440. The molecule has 11 heteroatoms. The van der Waals surface area contributed by atoms with Gasteiger partial charge in [0.15, 0.2) is 0 Å². The third-order valence-electron chi connectivity index (χ3n) is 7.97. The van der Waals surface area contributed by atoms with Gasteiger partial charge in [-0.05, 0) is 60.7 Å². The Morgan fingerprint density at radius 2 is 1.52 bits per heavy atom. The Balaban J connectivity index is 1.68. The van der Waals surface area contributed by atoms with Crippen molar-refractivity contribution in [3.05, 3.63) is 87.4 Å². The van der Waals surface area contributed by atoms with Gasteiger partial charge in [-0.25, -0.2) is 4.58 Å². The monoisotopic (exact) mass is 578 g/mol. The Kier molecular flexibility index (Phi) is 5.43. The number of rotatable bonds is 3. The van der Waals surface area contributed by atoms with Gasteiger partial charge in [0.05, 0.1) is 10.5 Å². The van der Waals surface area contributed by atoms with E-state index in [9.17, 15) is 31.0 Å². The number of phenols is 1. The molecule has 0 amide bonds. The SMILES string of the molecule is O=S(=O)(O)c1ccc(C2=c3cc4c5c(c3Oc3c2ccc2cc(O)ccc32)CCC[N+]=5CCC4)c(S(=O)(=O)O)c1. The number of benzene rings is 4. The zero-order chi connectivity index (χ0) is 28.0. The number of ether oxygens (including phenoxy) is 1. The largest absolute Gasteiger partial charge is 0.508 e. The van der Waals surface area contributed by atoms with E-state index in [1.54, 1.807) is 30.3 Å². The minimum atomic E-state index is -4.93. The van der Waals surface area contributed by atoms with Crippen LogP contribution in [0.3, 0.4) is 0 Å². The summed E-state index contributed by atoms with van der Waals surface area (Å²) in [5, 5.41) is 13.3. The highest BCUT2D eigenvalue weighted by atomic mass is 32.2. The maximum Gasteiger partial charge on any atom is 0.295 e. The van der Waals surface area contributed by atoms with Crippen LogP contribution >= 0.6 is 0 Å². The van der Waals surface area contributed by atoms with E-state index >= 15 is 0 Å². The van der Waals surface area contributed by atoms with E-state index in [4.69, 9.17) is 4.74 Å². The highest BCUT2D eigenvalue weighted by Gasteiger charge is 2.33. The molecule has 0 radical (unpaired) electrons. The minimum absolute atomic E-state index is 0.0782. The number of fused-ring (bicyclic) bond motifs is 5. The molecule has 4 aromatic rings. The van der Waals surface area contributed by atoms with Crippen molar-refractivity contribution >= 4 is 36.6 Å². The normalized spacial score (nSPS) is 16.2. The van der Waals surface area contributed by atoms with Crippen LogP contribution < -0.4 is 19.9 Å². The molecule has 0 spiro atoms. The molecule has 0 bridgehead atoms. The summed E-state index contributed by atoms with van der Waals surface area (Å²) in [5.41, 5.74) is 3.24. The fraction of sp³-hybridized carbons (Fsp3) is 0.207. The first-order valence-electron chi connectivity index (χ1n) is 12.8. The van der Waals surface area contributed by atoms with Gasteiger partial charge in [0.25, 0.3) is 20.2 Å². The van der Waals surface area contributed by atoms with Crippen molar-refractivity contribution in [3.8, 4) is 17.2 Å². The molecule has 0 fully saturated rings. The van der Waals surface area contributed by atoms with Gasteiger partial charge in [-0.2, -0.15) is 16.8 Å². The van der Waals surface area contributed by atoms with E-state index in [1.807, 2.05) is 6.07 Å². The van der Waals surface area contributed by atoms with Gasteiger partial charge >= 0.3 is 0 Å².